The van der Waals surface area contributed by atoms with Crippen LogP contribution in [0.4, 0.5) is 0 Å². The summed E-state index contributed by atoms with van der Waals surface area (Å²) in [6.45, 7) is 2.27. The van der Waals surface area contributed by atoms with Crippen LogP contribution >= 0.6 is 0 Å². The summed E-state index contributed by atoms with van der Waals surface area (Å²) in [4.78, 5) is 23.7. The van der Waals surface area contributed by atoms with E-state index in [0.29, 0.717) is 29.3 Å². The van der Waals surface area contributed by atoms with Crippen molar-refractivity contribution in [2.75, 3.05) is 33.9 Å². The second-order valence-electron chi connectivity index (χ2n) is 9.41. The third-order valence-corrected chi connectivity index (χ3v) is 6.73. The zero-order valence-corrected chi connectivity index (χ0v) is 21.6. The van der Waals surface area contributed by atoms with Gasteiger partial charge in [0.25, 0.3) is 0 Å². The number of Topliss-reactive ketones (excluding diaryl/α,β-unsaturated/α-hetero) is 1. The summed E-state index contributed by atoms with van der Waals surface area (Å²) in [6, 6.07) is 18.9. The third-order valence-electron chi connectivity index (χ3n) is 6.73. The molecule has 0 amide bonds. The number of carbonyl (C=O) groups excluding carboxylic acids is 1. The van der Waals surface area contributed by atoms with Crippen LogP contribution < -0.4 is 14.2 Å². The van der Waals surface area contributed by atoms with Gasteiger partial charge in [-0.05, 0) is 59.5 Å². The second-order valence-corrected chi connectivity index (χ2v) is 9.41. The number of fused-ring (bicyclic) bond motifs is 2. The lowest BCUT2D eigenvalue weighted by Gasteiger charge is -2.31. The highest BCUT2D eigenvalue weighted by atomic mass is 16.5. The molecule has 196 valence electrons. The minimum absolute atomic E-state index is 0.0912. The van der Waals surface area contributed by atoms with E-state index in [1.807, 2.05) is 60.7 Å². The van der Waals surface area contributed by atoms with E-state index >= 15 is 0 Å². The summed E-state index contributed by atoms with van der Waals surface area (Å²) in [7, 11) is 3.28. The second kappa shape index (κ2) is 11.6. The lowest BCUT2D eigenvalue weighted by molar-refractivity contribution is 0.0637. The summed E-state index contributed by atoms with van der Waals surface area (Å²) in [5, 5.41) is 10.6. The van der Waals surface area contributed by atoms with Crippen molar-refractivity contribution in [2.45, 2.75) is 25.5 Å². The number of methoxy groups -OCH3 is 2. The van der Waals surface area contributed by atoms with Gasteiger partial charge in [-0.1, -0.05) is 24.3 Å². The van der Waals surface area contributed by atoms with E-state index in [1.165, 1.54) is 17.3 Å². The van der Waals surface area contributed by atoms with Crippen molar-refractivity contribution in [3.63, 3.8) is 0 Å². The Morgan fingerprint density at radius 1 is 1.00 bits per heavy atom. The molecule has 4 aromatic rings. The summed E-state index contributed by atoms with van der Waals surface area (Å²) in [6.07, 6.45) is 2.00. The number of β-amino-alcohol motifs (C(OH)–C–C–N with tert-alkyl or cyclic N) is 1. The van der Waals surface area contributed by atoms with Crippen molar-refractivity contribution in [2.24, 2.45) is 0 Å². The molecule has 8 heteroatoms. The number of carbonyl (C=O) groups is 1. The number of rotatable bonds is 10. The van der Waals surface area contributed by atoms with Crippen LogP contribution in [-0.2, 0) is 19.4 Å². The fourth-order valence-electron chi connectivity index (χ4n) is 4.71. The van der Waals surface area contributed by atoms with Crippen molar-refractivity contribution in [3.05, 3.63) is 89.2 Å². The molecule has 0 aliphatic carbocycles. The van der Waals surface area contributed by atoms with Crippen molar-refractivity contribution < 1.29 is 24.1 Å². The topological polar surface area (TPSA) is 94.0 Å². The molecule has 2 heterocycles. The number of aliphatic hydroxyl groups excluding tert-OH is 1. The number of ether oxygens (including phenoxy) is 3. The molecule has 1 N–H and O–H groups in total. The van der Waals surface area contributed by atoms with Gasteiger partial charge < -0.3 is 19.3 Å². The smallest absolute Gasteiger partial charge is 0.187 e. The molecule has 5 rings (SSSR count). The van der Waals surface area contributed by atoms with Crippen LogP contribution in [0.5, 0.6) is 17.2 Å². The van der Waals surface area contributed by atoms with Crippen LogP contribution in [-0.4, -0.2) is 65.8 Å². The predicted octanol–water partition coefficient (Wildman–Crippen LogP) is 3.87. The van der Waals surface area contributed by atoms with Gasteiger partial charge in [0.2, 0.25) is 0 Å². The van der Waals surface area contributed by atoms with Gasteiger partial charge in [0.05, 0.1) is 31.4 Å². The standard InChI is InChI=1S/C30H31N3O5/c1-36-29-14-21-11-12-33(17-22(21)15-30(29)37-2)18-23(34)19-38-24-9-7-20(8-10-24)13-28(35)27-16-31-25-5-3-4-6-26(25)32-27/h3-10,14-16,23,34H,11-13,17-19H2,1-2H3. The predicted molar refractivity (Wildman–Crippen MR) is 144 cm³/mol. The highest BCUT2D eigenvalue weighted by molar-refractivity contribution is 5.96. The summed E-state index contributed by atoms with van der Waals surface area (Å²) in [5.41, 5.74) is 5.10. The molecule has 38 heavy (non-hydrogen) atoms. The quantitative estimate of drug-likeness (QED) is 0.320. The zero-order valence-electron chi connectivity index (χ0n) is 21.6. The van der Waals surface area contributed by atoms with Gasteiger partial charge in [0.1, 0.15) is 24.2 Å². The maximum Gasteiger partial charge on any atom is 0.187 e. The van der Waals surface area contributed by atoms with E-state index in [-0.39, 0.29) is 18.8 Å². The molecule has 1 aliphatic heterocycles. The first-order chi connectivity index (χ1) is 18.5. The Hall–Kier alpha value is -4.01. The number of hydrogen-bond donors (Lipinski definition) is 1. The molecule has 0 saturated carbocycles. The summed E-state index contributed by atoms with van der Waals surface area (Å²) >= 11 is 0. The van der Waals surface area contributed by atoms with Crippen LogP contribution in [0.25, 0.3) is 11.0 Å². The molecule has 0 radical (unpaired) electrons. The fourth-order valence-corrected chi connectivity index (χ4v) is 4.71. The Bertz CT molecular complexity index is 1420. The van der Waals surface area contributed by atoms with Gasteiger partial charge in [0.15, 0.2) is 17.3 Å². The molecule has 1 unspecified atom stereocenters. The first-order valence-corrected chi connectivity index (χ1v) is 12.6. The number of ketones is 1. The van der Waals surface area contributed by atoms with E-state index in [0.717, 1.165) is 36.3 Å². The maximum atomic E-state index is 12.7. The highest BCUT2D eigenvalue weighted by Crippen LogP contribution is 2.33. The number of para-hydroxylation sites is 2. The number of aliphatic hydroxyl groups is 1. The normalized spacial score (nSPS) is 14.1. The number of aromatic nitrogens is 2. The molecule has 3 aromatic carbocycles. The summed E-state index contributed by atoms with van der Waals surface area (Å²) in [5.74, 6) is 2.01. The van der Waals surface area contributed by atoms with Crippen molar-refractivity contribution >= 4 is 16.8 Å². The van der Waals surface area contributed by atoms with E-state index in [1.54, 1.807) is 14.2 Å². The molecular weight excluding hydrogens is 482 g/mol. The monoisotopic (exact) mass is 513 g/mol. The molecule has 1 atom stereocenters. The first kappa shape index (κ1) is 25.6. The zero-order chi connectivity index (χ0) is 26.5. The Labute approximate surface area is 221 Å². The number of hydrogen-bond acceptors (Lipinski definition) is 8. The SMILES string of the molecule is COc1cc2c(cc1OC)CN(CC(O)COc1ccc(CC(=O)c3cnc4ccccc4n3)cc1)CC2. The molecule has 0 fully saturated rings. The minimum Gasteiger partial charge on any atom is -0.493 e. The van der Waals surface area contributed by atoms with Crippen LogP contribution in [0.1, 0.15) is 27.2 Å². The van der Waals surface area contributed by atoms with Crippen molar-refractivity contribution in [1.29, 1.82) is 0 Å². The third kappa shape index (κ3) is 5.93. The van der Waals surface area contributed by atoms with E-state index in [2.05, 4.69) is 14.9 Å². The Morgan fingerprint density at radius 2 is 1.71 bits per heavy atom. The summed E-state index contributed by atoms with van der Waals surface area (Å²) < 4.78 is 16.7. The van der Waals surface area contributed by atoms with Crippen LogP contribution in [0.15, 0.2) is 66.9 Å². The number of nitrogens with zero attached hydrogens (tertiary/aromatic N) is 3. The lowest BCUT2D eigenvalue weighted by atomic mass is 9.98. The molecule has 1 aliphatic rings. The van der Waals surface area contributed by atoms with E-state index < -0.39 is 6.10 Å². The fraction of sp³-hybridized carbons (Fsp3) is 0.300. The largest absolute Gasteiger partial charge is 0.493 e. The van der Waals surface area contributed by atoms with Crippen molar-refractivity contribution in [3.8, 4) is 17.2 Å². The van der Waals surface area contributed by atoms with E-state index in [9.17, 15) is 9.90 Å². The molecule has 0 saturated heterocycles. The van der Waals surface area contributed by atoms with E-state index in [4.69, 9.17) is 14.2 Å². The first-order valence-electron chi connectivity index (χ1n) is 12.6. The molecule has 0 spiro atoms. The Morgan fingerprint density at radius 3 is 2.45 bits per heavy atom. The van der Waals surface area contributed by atoms with Gasteiger partial charge >= 0.3 is 0 Å². The van der Waals surface area contributed by atoms with Gasteiger partial charge in [-0.2, -0.15) is 0 Å². The highest BCUT2D eigenvalue weighted by Gasteiger charge is 2.21. The molecule has 8 nitrogen and oxygen atoms in total. The van der Waals surface area contributed by atoms with Crippen LogP contribution in [0.3, 0.4) is 0 Å². The maximum absolute atomic E-state index is 12.7. The lowest BCUT2D eigenvalue weighted by Crippen LogP contribution is -2.38. The molecule has 0 bridgehead atoms. The van der Waals surface area contributed by atoms with Gasteiger partial charge in [-0.15, -0.1) is 0 Å². The van der Waals surface area contributed by atoms with Gasteiger partial charge in [0, 0.05) is 26.1 Å². The van der Waals surface area contributed by atoms with Crippen LogP contribution in [0, 0.1) is 0 Å². The van der Waals surface area contributed by atoms with Gasteiger partial charge in [-0.3, -0.25) is 14.7 Å². The molecular formula is C30H31N3O5. The molecule has 1 aromatic heterocycles. The minimum atomic E-state index is -0.635. The van der Waals surface area contributed by atoms with Gasteiger partial charge in [-0.25, -0.2) is 4.98 Å². The average Bonchev–Trinajstić information content (AvgIpc) is 2.95. The Balaban J connectivity index is 1.11. The van der Waals surface area contributed by atoms with Crippen LogP contribution in [0.2, 0.25) is 0 Å². The Kier molecular flexibility index (Phi) is 7.81. The number of benzene rings is 3. The average molecular weight is 514 g/mol. The van der Waals surface area contributed by atoms with Crippen molar-refractivity contribution in [1.82, 2.24) is 14.9 Å².